The number of methoxy groups -OCH3 is 1. The summed E-state index contributed by atoms with van der Waals surface area (Å²) in [4.78, 5) is 23.7. The minimum atomic E-state index is -0.434. The summed E-state index contributed by atoms with van der Waals surface area (Å²) in [5.41, 5.74) is 4.24. The van der Waals surface area contributed by atoms with Crippen LogP contribution in [0.15, 0.2) is 42.5 Å². The van der Waals surface area contributed by atoms with Crippen molar-refractivity contribution < 1.29 is 14.3 Å². The standard InChI is InChI=1S/C19H22N2O3/c1-4-14-8-5-7-13(2)18(14)20-12-17(22)21-16-10-6-9-15(11-16)19(23)24-3/h5-11,20H,4,12H2,1-3H3,(H,21,22). The molecule has 0 fully saturated rings. The molecule has 126 valence electrons. The van der Waals surface area contributed by atoms with Gasteiger partial charge in [0.25, 0.3) is 0 Å². The zero-order chi connectivity index (χ0) is 17.5. The number of aryl methyl sites for hydroxylation is 2. The van der Waals surface area contributed by atoms with Gasteiger partial charge >= 0.3 is 5.97 Å². The number of benzene rings is 2. The van der Waals surface area contributed by atoms with Crippen molar-refractivity contribution in [3.05, 3.63) is 59.2 Å². The van der Waals surface area contributed by atoms with E-state index < -0.39 is 5.97 Å². The Balaban J connectivity index is 2.01. The number of rotatable bonds is 6. The summed E-state index contributed by atoms with van der Waals surface area (Å²) < 4.78 is 4.68. The summed E-state index contributed by atoms with van der Waals surface area (Å²) in [7, 11) is 1.32. The second-order valence-corrected chi connectivity index (χ2v) is 5.44. The summed E-state index contributed by atoms with van der Waals surface area (Å²) in [5, 5.41) is 5.98. The van der Waals surface area contributed by atoms with Crippen LogP contribution < -0.4 is 10.6 Å². The van der Waals surface area contributed by atoms with Gasteiger partial charge < -0.3 is 15.4 Å². The fourth-order valence-electron chi connectivity index (χ4n) is 2.49. The highest BCUT2D eigenvalue weighted by Crippen LogP contribution is 2.20. The molecule has 2 rings (SSSR count). The topological polar surface area (TPSA) is 67.4 Å². The van der Waals surface area contributed by atoms with Crippen molar-refractivity contribution in [2.45, 2.75) is 20.3 Å². The fraction of sp³-hybridized carbons (Fsp3) is 0.263. The molecule has 0 aromatic heterocycles. The summed E-state index contributed by atoms with van der Waals surface area (Å²) in [6.07, 6.45) is 0.896. The molecule has 0 unspecified atom stereocenters. The van der Waals surface area contributed by atoms with Crippen LogP contribution in [-0.2, 0) is 16.0 Å². The van der Waals surface area contributed by atoms with Crippen LogP contribution in [0.4, 0.5) is 11.4 Å². The van der Waals surface area contributed by atoms with Crippen molar-refractivity contribution in [1.29, 1.82) is 0 Å². The van der Waals surface area contributed by atoms with Gasteiger partial charge in [-0.3, -0.25) is 4.79 Å². The molecule has 0 atom stereocenters. The molecule has 2 aromatic rings. The van der Waals surface area contributed by atoms with Crippen LogP contribution in [0.3, 0.4) is 0 Å². The maximum atomic E-state index is 12.2. The van der Waals surface area contributed by atoms with Crippen LogP contribution in [0.5, 0.6) is 0 Å². The lowest BCUT2D eigenvalue weighted by Gasteiger charge is -2.14. The predicted octanol–water partition coefficient (Wildman–Crippen LogP) is 3.39. The van der Waals surface area contributed by atoms with Gasteiger partial charge in [-0.1, -0.05) is 31.2 Å². The number of hydrogen-bond donors (Lipinski definition) is 2. The predicted molar refractivity (Wildman–Crippen MR) is 95.5 cm³/mol. The highest BCUT2D eigenvalue weighted by molar-refractivity contribution is 5.96. The van der Waals surface area contributed by atoms with E-state index in [1.54, 1.807) is 24.3 Å². The van der Waals surface area contributed by atoms with Gasteiger partial charge in [-0.25, -0.2) is 4.79 Å². The Morgan fingerprint density at radius 2 is 1.88 bits per heavy atom. The molecule has 0 saturated carbocycles. The molecule has 0 aliphatic heterocycles. The van der Waals surface area contributed by atoms with Gasteiger partial charge in [0, 0.05) is 11.4 Å². The Morgan fingerprint density at radius 3 is 2.58 bits per heavy atom. The van der Waals surface area contributed by atoms with E-state index in [1.165, 1.54) is 12.7 Å². The van der Waals surface area contributed by atoms with E-state index >= 15 is 0 Å². The highest BCUT2D eigenvalue weighted by Gasteiger charge is 2.09. The second-order valence-electron chi connectivity index (χ2n) is 5.44. The van der Waals surface area contributed by atoms with Gasteiger partial charge in [-0.2, -0.15) is 0 Å². The molecular weight excluding hydrogens is 304 g/mol. The molecule has 0 bridgehead atoms. The van der Waals surface area contributed by atoms with E-state index in [0.29, 0.717) is 11.3 Å². The van der Waals surface area contributed by atoms with E-state index in [-0.39, 0.29) is 12.5 Å². The first kappa shape index (κ1) is 17.5. The van der Waals surface area contributed by atoms with Gasteiger partial charge in [0.05, 0.1) is 19.2 Å². The molecule has 24 heavy (non-hydrogen) atoms. The second kappa shape index (κ2) is 8.15. The number of hydrogen-bond acceptors (Lipinski definition) is 4. The maximum absolute atomic E-state index is 12.2. The molecule has 2 N–H and O–H groups in total. The first-order valence-electron chi connectivity index (χ1n) is 7.85. The van der Waals surface area contributed by atoms with Crippen LogP contribution in [0.25, 0.3) is 0 Å². The number of para-hydroxylation sites is 1. The zero-order valence-electron chi connectivity index (χ0n) is 14.2. The summed E-state index contributed by atoms with van der Waals surface area (Å²) in [6.45, 7) is 4.25. The third-order valence-corrected chi connectivity index (χ3v) is 3.73. The van der Waals surface area contributed by atoms with Gasteiger partial charge in [-0.15, -0.1) is 0 Å². The molecule has 0 spiro atoms. The molecule has 0 saturated heterocycles. The molecule has 5 nitrogen and oxygen atoms in total. The maximum Gasteiger partial charge on any atom is 0.337 e. The Bertz CT molecular complexity index is 741. The minimum absolute atomic E-state index is 0.153. The van der Waals surface area contributed by atoms with E-state index in [9.17, 15) is 9.59 Å². The number of anilines is 2. The van der Waals surface area contributed by atoms with Crippen LogP contribution in [-0.4, -0.2) is 25.5 Å². The fourth-order valence-corrected chi connectivity index (χ4v) is 2.49. The van der Waals surface area contributed by atoms with Crippen LogP contribution in [0, 0.1) is 6.92 Å². The summed E-state index contributed by atoms with van der Waals surface area (Å²) in [5.74, 6) is -0.612. The normalized spacial score (nSPS) is 10.1. The van der Waals surface area contributed by atoms with Crippen molar-refractivity contribution in [3.8, 4) is 0 Å². The average molecular weight is 326 g/mol. The van der Waals surface area contributed by atoms with E-state index in [1.807, 2.05) is 25.1 Å². The number of nitrogens with one attached hydrogen (secondary N) is 2. The van der Waals surface area contributed by atoms with Crippen LogP contribution in [0.2, 0.25) is 0 Å². The van der Waals surface area contributed by atoms with Gasteiger partial charge in [0.1, 0.15) is 0 Å². The quantitative estimate of drug-likeness (QED) is 0.799. The Morgan fingerprint density at radius 1 is 1.12 bits per heavy atom. The number of esters is 1. The lowest BCUT2D eigenvalue weighted by molar-refractivity contribution is -0.114. The third-order valence-electron chi connectivity index (χ3n) is 3.73. The molecular formula is C19H22N2O3. The van der Waals surface area contributed by atoms with Crippen molar-refractivity contribution in [3.63, 3.8) is 0 Å². The van der Waals surface area contributed by atoms with Gasteiger partial charge in [0.15, 0.2) is 0 Å². The zero-order valence-corrected chi connectivity index (χ0v) is 14.2. The highest BCUT2D eigenvalue weighted by atomic mass is 16.5. The first-order valence-corrected chi connectivity index (χ1v) is 7.85. The number of amides is 1. The lowest BCUT2D eigenvalue weighted by Crippen LogP contribution is -2.22. The van der Waals surface area contributed by atoms with Crippen LogP contribution >= 0.6 is 0 Å². The average Bonchev–Trinajstić information content (AvgIpc) is 2.59. The van der Waals surface area contributed by atoms with Gasteiger partial charge in [0.2, 0.25) is 5.91 Å². The van der Waals surface area contributed by atoms with E-state index in [0.717, 1.165) is 17.7 Å². The Hall–Kier alpha value is -2.82. The molecule has 0 aliphatic carbocycles. The van der Waals surface area contributed by atoms with E-state index in [2.05, 4.69) is 22.3 Å². The number of carbonyl (C=O) groups is 2. The van der Waals surface area contributed by atoms with Crippen molar-refractivity contribution in [2.75, 3.05) is 24.3 Å². The molecule has 0 radical (unpaired) electrons. The summed E-state index contributed by atoms with van der Waals surface area (Å²) in [6, 6.07) is 12.7. The monoisotopic (exact) mass is 326 g/mol. The van der Waals surface area contributed by atoms with E-state index in [4.69, 9.17) is 0 Å². The van der Waals surface area contributed by atoms with Crippen molar-refractivity contribution in [2.24, 2.45) is 0 Å². The van der Waals surface area contributed by atoms with Crippen LogP contribution in [0.1, 0.15) is 28.4 Å². The van der Waals surface area contributed by atoms with Gasteiger partial charge in [-0.05, 0) is 42.7 Å². The molecule has 0 heterocycles. The summed E-state index contributed by atoms with van der Waals surface area (Å²) >= 11 is 0. The number of carbonyl (C=O) groups excluding carboxylic acids is 2. The van der Waals surface area contributed by atoms with Crippen molar-refractivity contribution in [1.82, 2.24) is 0 Å². The molecule has 5 heteroatoms. The minimum Gasteiger partial charge on any atom is -0.465 e. The number of ether oxygens (including phenoxy) is 1. The SMILES string of the molecule is CCc1cccc(C)c1NCC(=O)Nc1cccc(C(=O)OC)c1. The smallest absolute Gasteiger partial charge is 0.337 e. The van der Waals surface area contributed by atoms with Crippen molar-refractivity contribution >= 4 is 23.3 Å². The lowest BCUT2D eigenvalue weighted by atomic mass is 10.1. The third kappa shape index (κ3) is 4.35. The first-order chi connectivity index (χ1) is 11.5. The Labute approximate surface area is 142 Å². The molecule has 1 amide bonds. The molecule has 2 aromatic carbocycles. The Kier molecular flexibility index (Phi) is 5.95. The largest absolute Gasteiger partial charge is 0.465 e. The molecule has 0 aliphatic rings.